The van der Waals surface area contributed by atoms with Crippen LogP contribution in [0.2, 0.25) is 0 Å². The summed E-state index contributed by atoms with van der Waals surface area (Å²) >= 11 is 0. The summed E-state index contributed by atoms with van der Waals surface area (Å²) in [7, 11) is 1.24. The van der Waals surface area contributed by atoms with Crippen LogP contribution in [-0.4, -0.2) is 18.9 Å². The average Bonchev–Trinajstić information content (AvgIpc) is 2.03. The highest BCUT2D eigenvalue weighted by Crippen LogP contribution is 2.23. The number of terminal acetylenes is 1. The normalized spacial score (nSPS) is 14.2. The van der Waals surface area contributed by atoms with Gasteiger partial charge in [0, 0.05) is 6.42 Å². The number of hydrogen-bond donors (Lipinski definition) is 0. The number of carbonyl (C=O) groups excluding carboxylic acids is 2. The minimum absolute atomic E-state index is 0.0784. The number of rotatable bonds is 3. The summed E-state index contributed by atoms with van der Waals surface area (Å²) in [5, 5.41) is 0. The summed E-state index contributed by atoms with van der Waals surface area (Å²) in [4.78, 5) is 22.2. The second kappa shape index (κ2) is 3.91. The fourth-order valence-corrected chi connectivity index (χ4v) is 0.770. The van der Waals surface area contributed by atoms with Crippen LogP contribution in [0.1, 0.15) is 20.3 Å². The number of carbonyl (C=O) groups is 2. The Kier molecular flexibility index (Phi) is 3.49. The lowest BCUT2D eigenvalue weighted by Crippen LogP contribution is -2.35. The number of esters is 1. The predicted octanol–water partition coefficient (Wildman–Crippen LogP) is 0.778. The molecule has 0 spiro atoms. The monoisotopic (exact) mass is 168 g/mol. The first-order valence-corrected chi connectivity index (χ1v) is 3.52. The van der Waals surface area contributed by atoms with Gasteiger partial charge in [0.25, 0.3) is 0 Å². The first kappa shape index (κ1) is 10.7. The molecule has 0 saturated heterocycles. The fraction of sp³-hybridized carbons (Fsp3) is 0.556. The van der Waals surface area contributed by atoms with Crippen LogP contribution in [0, 0.1) is 17.8 Å². The number of methoxy groups -OCH3 is 1. The highest BCUT2D eigenvalue weighted by molar-refractivity contribution is 6.02. The van der Waals surface area contributed by atoms with E-state index in [9.17, 15) is 9.59 Å². The molecule has 0 aromatic heterocycles. The lowest BCUT2D eigenvalue weighted by molar-refractivity contribution is -0.155. The van der Waals surface area contributed by atoms with Crippen molar-refractivity contribution in [1.29, 1.82) is 0 Å². The van der Waals surface area contributed by atoms with Crippen molar-refractivity contribution in [3.63, 3.8) is 0 Å². The number of ketones is 1. The summed E-state index contributed by atoms with van der Waals surface area (Å²) in [6.07, 6.45) is 5.11. The first-order chi connectivity index (χ1) is 5.49. The SMILES string of the molecule is C#CCC(C)(C(C)=O)C(=O)OC. The second-order valence-electron chi connectivity index (χ2n) is 2.76. The average molecular weight is 168 g/mol. The Morgan fingerprint density at radius 2 is 2.08 bits per heavy atom. The van der Waals surface area contributed by atoms with Crippen molar-refractivity contribution in [2.24, 2.45) is 5.41 Å². The molecule has 66 valence electrons. The van der Waals surface area contributed by atoms with Crippen LogP contribution in [0.15, 0.2) is 0 Å². The Bertz CT molecular complexity index is 237. The molecular formula is C9H12O3. The lowest BCUT2D eigenvalue weighted by Gasteiger charge is -2.20. The summed E-state index contributed by atoms with van der Waals surface area (Å²) in [5.74, 6) is 1.44. The van der Waals surface area contributed by atoms with E-state index in [0.717, 1.165) is 0 Å². The predicted molar refractivity (Wildman–Crippen MR) is 44.3 cm³/mol. The van der Waals surface area contributed by atoms with E-state index < -0.39 is 11.4 Å². The molecule has 0 aliphatic rings. The number of hydrogen-bond acceptors (Lipinski definition) is 3. The third-order valence-electron chi connectivity index (χ3n) is 1.87. The molecule has 0 N–H and O–H groups in total. The summed E-state index contributed by atoms with van der Waals surface area (Å²) in [6, 6.07) is 0. The molecule has 0 aromatic carbocycles. The molecule has 1 unspecified atom stereocenters. The molecule has 3 heteroatoms. The zero-order valence-electron chi connectivity index (χ0n) is 7.51. The van der Waals surface area contributed by atoms with Gasteiger partial charge in [0.2, 0.25) is 0 Å². The fourth-order valence-electron chi connectivity index (χ4n) is 0.770. The highest BCUT2D eigenvalue weighted by Gasteiger charge is 2.38. The zero-order valence-corrected chi connectivity index (χ0v) is 7.51. The highest BCUT2D eigenvalue weighted by atomic mass is 16.5. The van der Waals surface area contributed by atoms with Crippen LogP contribution in [0.4, 0.5) is 0 Å². The van der Waals surface area contributed by atoms with Gasteiger partial charge in [-0.3, -0.25) is 9.59 Å². The van der Waals surface area contributed by atoms with Crippen molar-refractivity contribution in [1.82, 2.24) is 0 Å². The van der Waals surface area contributed by atoms with E-state index in [1.807, 2.05) is 0 Å². The van der Waals surface area contributed by atoms with Gasteiger partial charge < -0.3 is 4.74 Å². The summed E-state index contributed by atoms with van der Waals surface area (Å²) < 4.78 is 4.47. The van der Waals surface area contributed by atoms with Gasteiger partial charge >= 0.3 is 5.97 Å². The molecule has 3 nitrogen and oxygen atoms in total. The van der Waals surface area contributed by atoms with Gasteiger partial charge in [0.15, 0.2) is 0 Å². The van der Waals surface area contributed by atoms with E-state index in [1.54, 1.807) is 0 Å². The van der Waals surface area contributed by atoms with Crippen LogP contribution < -0.4 is 0 Å². The van der Waals surface area contributed by atoms with Crippen LogP contribution >= 0.6 is 0 Å². The molecule has 0 aliphatic carbocycles. The lowest BCUT2D eigenvalue weighted by atomic mass is 9.83. The van der Waals surface area contributed by atoms with Crippen molar-refractivity contribution >= 4 is 11.8 Å². The third kappa shape index (κ3) is 1.85. The van der Waals surface area contributed by atoms with Gasteiger partial charge in [-0.1, -0.05) is 0 Å². The largest absolute Gasteiger partial charge is 0.468 e. The van der Waals surface area contributed by atoms with Crippen LogP contribution in [0.25, 0.3) is 0 Å². The smallest absolute Gasteiger partial charge is 0.320 e. The Morgan fingerprint density at radius 3 is 2.33 bits per heavy atom. The van der Waals surface area contributed by atoms with E-state index in [-0.39, 0.29) is 12.2 Å². The van der Waals surface area contributed by atoms with Crippen molar-refractivity contribution in [3.05, 3.63) is 0 Å². The maximum Gasteiger partial charge on any atom is 0.320 e. The molecule has 0 fully saturated rings. The van der Waals surface area contributed by atoms with Gasteiger partial charge in [-0.05, 0) is 13.8 Å². The standard InChI is InChI=1S/C9H12O3/c1-5-6-9(3,7(2)10)8(11)12-4/h1H,6H2,2-4H3. The molecule has 0 saturated carbocycles. The Hall–Kier alpha value is -1.30. The van der Waals surface area contributed by atoms with Crippen LogP contribution in [0.5, 0.6) is 0 Å². The van der Waals surface area contributed by atoms with Crippen molar-refractivity contribution in [3.8, 4) is 12.3 Å². The van der Waals surface area contributed by atoms with Gasteiger partial charge in [0.05, 0.1) is 7.11 Å². The third-order valence-corrected chi connectivity index (χ3v) is 1.87. The zero-order chi connectivity index (χ0) is 9.78. The van der Waals surface area contributed by atoms with E-state index in [0.29, 0.717) is 0 Å². The minimum atomic E-state index is -1.18. The van der Waals surface area contributed by atoms with Crippen LogP contribution in [-0.2, 0) is 14.3 Å². The Balaban J connectivity index is 4.76. The summed E-state index contributed by atoms with van der Waals surface area (Å²) in [6.45, 7) is 2.81. The molecule has 0 aromatic rings. The van der Waals surface area contributed by atoms with Gasteiger partial charge in [-0.2, -0.15) is 0 Å². The maximum atomic E-state index is 11.1. The van der Waals surface area contributed by atoms with E-state index in [1.165, 1.54) is 21.0 Å². The molecule has 0 rings (SSSR count). The summed E-state index contributed by atoms with van der Waals surface area (Å²) in [5.41, 5.74) is -1.18. The number of Topliss-reactive ketones (excluding diaryl/α,β-unsaturated/α-hetero) is 1. The molecule has 0 aliphatic heterocycles. The molecule has 0 amide bonds. The molecule has 0 bridgehead atoms. The van der Waals surface area contributed by atoms with Gasteiger partial charge in [-0.15, -0.1) is 12.3 Å². The minimum Gasteiger partial charge on any atom is -0.468 e. The quantitative estimate of drug-likeness (QED) is 0.355. The van der Waals surface area contributed by atoms with Gasteiger partial charge in [-0.25, -0.2) is 0 Å². The molecule has 1 atom stereocenters. The van der Waals surface area contributed by atoms with E-state index in [4.69, 9.17) is 6.42 Å². The van der Waals surface area contributed by atoms with Crippen molar-refractivity contribution in [2.75, 3.05) is 7.11 Å². The van der Waals surface area contributed by atoms with Crippen molar-refractivity contribution < 1.29 is 14.3 Å². The molecule has 0 radical (unpaired) electrons. The van der Waals surface area contributed by atoms with Crippen molar-refractivity contribution in [2.45, 2.75) is 20.3 Å². The Labute approximate surface area is 72.1 Å². The van der Waals surface area contributed by atoms with Gasteiger partial charge in [0.1, 0.15) is 11.2 Å². The van der Waals surface area contributed by atoms with E-state index in [2.05, 4.69) is 10.7 Å². The second-order valence-corrected chi connectivity index (χ2v) is 2.76. The van der Waals surface area contributed by atoms with E-state index >= 15 is 0 Å². The molecular weight excluding hydrogens is 156 g/mol. The van der Waals surface area contributed by atoms with Crippen LogP contribution in [0.3, 0.4) is 0 Å². The number of ether oxygens (including phenoxy) is 1. The molecule has 12 heavy (non-hydrogen) atoms. The first-order valence-electron chi connectivity index (χ1n) is 3.52. The molecule has 0 heterocycles. The Morgan fingerprint density at radius 1 is 1.58 bits per heavy atom. The topological polar surface area (TPSA) is 43.4 Å². The maximum absolute atomic E-state index is 11.1.